The zero-order chi connectivity index (χ0) is 19.9. The van der Waals surface area contributed by atoms with E-state index in [-0.39, 0.29) is 34.3 Å². The van der Waals surface area contributed by atoms with Gasteiger partial charge in [-0.15, -0.1) is 0 Å². The zero-order valence-corrected chi connectivity index (χ0v) is 15.1. The molecule has 2 heterocycles. The predicted octanol–water partition coefficient (Wildman–Crippen LogP) is 2.74. The number of sulfone groups is 1. The van der Waals surface area contributed by atoms with Gasteiger partial charge in [-0.3, -0.25) is 9.59 Å². The van der Waals surface area contributed by atoms with Gasteiger partial charge in [-0.05, 0) is 29.8 Å². The van der Waals surface area contributed by atoms with Crippen LogP contribution in [0.15, 0.2) is 56.7 Å². The van der Waals surface area contributed by atoms with Crippen molar-refractivity contribution in [3.8, 4) is 11.1 Å². The second kappa shape index (κ2) is 6.68. The van der Waals surface area contributed by atoms with Crippen molar-refractivity contribution in [2.45, 2.75) is 17.2 Å². The Morgan fingerprint density at radius 1 is 1.07 bits per heavy atom. The Hall–Kier alpha value is -3.33. The molecule has 7 nitrogen and oxygen atoms in total. The first-order valence-corrected chi connectivity index (χ1v) is 9.90. The van der Waals surface area contributed by atoms with E-state index in [0.29, 0.717) is 11.1 Å². The number of hydrogen-bond acceptors (Lipinski definition) is 6. The average Bonchev–Trinajstić information content (AvgIpc) is 3.01. The highest BCUT2D eigenvalue weighted by Crippen LogP contribution is 2.38. The van der Waals surface area contributed by atoms with E-state index in [2.05, 4.69) is 10.2 Å². The Bertz CT molecular complexity index is 1250. The van der Waals surface area contributed by atoms with E-state index in [1.54, 1.807) is 12.2 Å². The van der Waals surface area contributed by atoms with Crippen molar-refractivity contribution in [2.24, 2.45) is 0 Å². The first kappa shape index (κ1) is 18.1. The molecule has 0 unspecified atom stereocenters. The molecule has 0 spiro atoms. The van der Waals surface area contributed by atoms with Crippen LogP contribution in [-0.2, 0) is 15.6 Å². The molecule has 1 aliphatic rings. The number of aromatic nitrogens is 2. The van der Waals surface area contributed by atoms with E-state index in [1.807, 2.05) is 0 Å². The fourth-order valence-corrected chi connectivity index (χ4v) is 4.20. The van der Waals surface area contributed by atoms with E-state index >= 15 is 0 Å². The maximum atomic E-state index is 13.3. The molecular weight excluding hydrogens is 387 g/mol. The second-order valence-electron chi connectivity index (χ2n) is 6.19. The van der Waals surface area contributed by atoms with Crippen LogP contribution in [0.3, 0.4) is 0 Å². The van der Waals surface area contributed by atoms with Crippen LogP contribution in [0.5, 0.6) is 0 Å². The largest absolute Gasteiger partial charge is 0.459 e. The number of aromatic amines is 1. The monoisotopic (exact) mass is 400 g/mol. The fraction of sp³-hybridized carbons (Fsp3) is 0.105. The van der Waals surface area contributed by atoms with Gasteiger partial charge in [0.15, 0.2) is 10.8 Å². The van der Waals surface area contributed by atoms with Crippen molar-refractivity contribution in [1.82, 2.24) is 10.2 Å². The summed E-state index contributed by atoms with van der Waals surface area (Å²) in [6.45, 7) is 0. The van der Waals surface area contributed by atoms with Gasteiger partial charge in [0.1, 0.15) is 23.1 Å². The van der Waals surface area contributed by atoms with Crippen LogP contribution >= 0.6 is 0 Å². The number of halogens is 1. The number of carbonyl (C=O) groups excluding carboxylic acids is 1. The lowest BCUT2D eigenvalue weighted by atomic mass is 9.94. The normalized spacial score (nSPS) is 13.5. The molecule has 142 valence electrons. The SMILES string of the molecule is O=C1CC=Cc2oc(CS(=O)(=O)c3ccc(=O)[nH]n3)c(-c3ccc(F)cc3)c21. The van der Waals surface area contributed by atoms with Gasteiger partial charge in [0, 0.05) is 18.1 Å². The van der Waals surface area contributed by atoms with Gasteiger partial charge in [-0.25, -0.2) is 17.9 Å². The topological polar surface area (TPSA) is 110 Å². The van der Waals surface area contributed by atoms with Crippen LogP contribution in [0.4, 0.5) is 4.39 Å². The van der Waals surface area contributed by atoms with E-state index in [1.165, 1.54) is 24.3 Å². The number of rotatable bonds is 4. The standard InChI is InChI=1S/C19H13FN2O5S/c20-12-6-4-11(5-7-12)18-15(27-14-3-1-2-13(23)19(14)18)10-28(25,26)17-9-8-16(24)21-22-17/h1,3-9H,2,10H2,(H,21,24). The third-order valence-electron chi connectivity index (χ3n) is 4.29. The molecule has 0 aliphatic heterocycles. The van der Waals surface area contributed by atoms with Gasteiger partial charge in [0.05, 0.1) is 5.56 Å². The highest BCUT2D eigenvalue weighted by Gasteiger charge is 2.30. The Morgan fingerprint density at radius 3 is 2.50 bits per heavy atom. The van der Waals surface area contributed by atoms with E-state index in [9.17, 15) is 22.4 Å². The van der Waals surface area contributed by atoms with Crippen LogP contribution in [0, 0.1) is 5.82 Å². The molecule has 0 saturated heterocycles. The molecule has 1 aromatic carbocycles. The highest BCUT2D eigenvalue weighted by atomic mass is 32.2. The fourth-order valence-electron chi connectivity index (χ4n) is 3.04. The summed E-state index contributed by atoms with van der Waals surface area (Å²) < 4.78 is 44.5. The van der Waals surface area contributed by atoms with Crippen LogP contribution in [0.2, 0.25) is 0 Å². The molecule has 0 bridgehead atoms. The summed E-state index contributed by atoms with van der Waals surface area (Å²) in [6, 6.07) is 7.51. The summed E-state index contributed by atoms with van der Waals surface area (Å²) in [4.78, 5) is 23.6. The zero-order valence-electron chi connectivity index (χ0n) is 14.3. The van der Waals surface area contributed by atoms with Crippen molar-refractivity contribution in [3.63, 3.8) is 0 Å². The van der Waals surface area contributed by atoms with Gasteiger partial charge < -0.3 is 4.42 Å². The number of ketones is 1. The molecule has 3 aromatic rings. The Morgan fingerprint density at radius 2 is 1.82 bits per heavy atom. The van der Waals surface area contributed by atoms with Crippen molar-refractivity contribution < 1.29 is 22.0 Å². The second-order valence-corrected chi connectivity index (χ2v) is 8.13. The molecule has 0 saturated carbocycles. The summed E-state index contributed by atoms with van der Waals surface area (Å²) in [5.74, 6) is -0.947. The first-order chi connectivity index (χ1) is 13.3. The van der Waals surface area contributed by atoms with E-state index in [4.69, 9.17) is 4.42 Å². The molecule has 2 aromatic heterocycles. The summed E-state index contributed by atoms with van der Waals surface area (Å²) >= 11 is 0. The predicted molar refractivity (Wildman–Crippen MR) is 97.8 cm³/mol. The first-order valence-electron chi connectivity index (χ1n) is 8.25. The Balaban J connectivity index is 1.86. The molecule has 0 fully saturated rings. The number of H-pyrrole nitrogens is 1. The van der Waals surface area contributed by atoms with Gasteiger partial charge in [0.2, 0.25) is 9.84 Å². The summed E-state index contributed by atoms with van der Waals surface area (Å²) in [5, 5.41) is 5.31. The summed E-state index contributed by atoms with van der Waals surface area (Å²) in [6.07, 6.45) is 3.40. The lowest BCUT2D eigenvalue weighted by Gasteiger charge is -2.08. The number of Topliss-reactive ketones (excluding diaryl/α,β-unsaturated/α-hetero) is 1. The summed E-state index contributed by atoms with van der Waals surface area (Å²) in [7, 11) is -3.97. The molecule has 9 heteroatoms. The molecule has 0 radical (unpaired) electrons. The molecule has 0 amide bonds. The molecule has 1 aliphatic carbocycles. The number of nitrogens with zero attached hydrogens (tertiary/aromatic N) is 1. The van der Waals surface area contributed by atoms with Crippen molar-refractivity contribution in [1.29, 1.82) is 0 Å². The van der Waals surface area contributed by atoms with E-state index < -0.39 is 27.0 Å². The minimum Gasteiger partial charge on any atom is -0.459 e. The number of carbonyl (C=O) groups is 1. The van der Waals surface area contributed by atoms with Crippen LogP contribution in [0.1, 0.15) is 28.3 Å². The molecular formula is C19H13FN2O5S. The molecule has 0 atom stereocenters. The minimum atomic E-state index is -3.97. The quantitative estimate of drug-likeness (QED) is 0.721. The van der Waals surface area contributed by atoms with Crippen LogP contribution in [-0.4, -0.2) is 24.4 Å². The molecule has 28 heavy (non-hydrogen) atoms. The van der Waals surface area contributed by atoms with Crippen molar-refractivity contribution in [2.75, 3.05) is 0 Å². The molecule has 1 N–H and O–H groups in total. The van der Waals surface area contributed by atoms with Gasteiger partial charge >= 0.3 is 0 Å². The number of fused-ring (bicyclic) bond motifs is 1. The summed E-state index contributed by atoms with van der Waals surface area (Å²) in [5.41, 5.74) is 0.524. The average molecular weight is 400 g/mol. The van der Waals surface area contributed by atoms with Gasteiger partial charge in [-0.2, -0.15) is 5.10 Å². The molecule has 4 rings (SSSR count). The number of furan rings is 1. The van der Waals surface area contributed by atoms with Crippen LogP contribution in [0.25, 0.3) is 17.2 Å². The third kappa shape index (κ3) is 3.20. The van der Waals surface area contributed by atoms with Gasteiger partial charge in [0.25, 0.3) is 5.56 Å². The number of hydrogen-bond donors (Lipinski definition) is 1. The minimum absolute atomic E-state index is 0.0458. The third-order valence-corrected chi connectivity index (χ3v) is 5.79. The lowest BCUT2D eigenvalue weighted by Crippen LogP contribution is -2.13. The number of benzene rings is 1. The Kier molecular flexibility index (Phi) is 4.31. The maximum absolute atomic E-state index is 13.3. The lowest BCUT2D eigenvalue weighted by molar-refractivity contribution is 0.0994. The van der Waals surface area contributed by atoms with Crippen molar-refractivity contribution in [3.05, 3.63) is 75.7 Å². The maximum Gasteiger partial charge on any atom is 0.264 e. The van der Waals surface area contributed by atoms with E-state index in [0.717, 1.165) is 12.1 Å². The highest BCUT2D eigenvalue weighted by molar-refractivity contribution is 7.90. The number of nitrogens with one attached hydrogen (secondary N) is 1. The van der Waals surface area contributed by atoms with Crippen LogP contribution < -0.4 is 5.56 Å². The Labute approximate surface area is 158 Å². The number of allylic oxidation sites excluding steroid dienone is 1. The smallest absolute Gasteiger partial charge is 0.264 e. The van der Waals surface area contributed by atoms with Gasteiger partial charge in [-0.1, -0.05) is 18.2 Å². The van der Waals surface area contributed by atoms with Crippen molar-refractivity contribution >= 4 is 21.7 Å².